The Balaban J connectivity index is 2.18. The highest BCUT2D eigenvalue weighted by Gasteiger charge is 2.34. The number of hydrogen-bond acceptors (Lipinski definition) is 3. The number of pyridine rings is 1. The van der Waals surface area contributed by atoms with Crippen molar-refractivity contribution in [1.29, 1.82) is 0 Å². The van der Waals surface area contributed by atoms with E-state index in [0.717, 1.165) is 18.4 Å². The van der Waals surface area contributed by atoms with Crippen molar-refractivity contribution in [1.82, 2.24) is 9.29 Å². The number of sulfonamides is 1. The molecule has 0 bridgehead atoms. The molecule has 4 nitrogen and oxygen atoms in total. The lowest BCUT2D eigenvalue weighted by Gasteiger charge is -2.23. The minimum absolute atomic E-state index is 0.0680. The summed E-state index contributed by atoms with van der Waals surface area (Å²) in [5, 5.41) is 0. The van der Waals surface area contributed by atoms with Gasteiger partial charge in [-0.15, -0.1) is 0 Å². The number of rotatable bonds is 5. The molecule has 1 fully saturated rings. The van der Waals surface area contributed by atoms with Crippen molar-refractivity contribution in [2.24, 2.45) is 0 Å². The van der Waals surface area contributed by atoms with E-state index in [0.29, 0.717) is 6.54 Å². The maximum atomic E-state index is 12.1. The second-order valence-electron chi connectivity index (χ2n) is 4.41. The molecular weight excluding hydrogens is 255 g/mol. The quantitative estimate of drug-likeness (QED) is 0.822. The number of nitrogens with zero attached hydrogens (tertiary/aromatic N) is 2. The molecule has 0 unspecified atom stereocenters. The van der Waals surface area contributed by atoms with Crippen LogP contribution in [0.2, 0.25) is 0 Å². The van der Waals surface area contributed by atoms with Crippen molar-refractivity contribution in [3.63, 3.8) is 0 Å². The SMILES string of the molecule is O=S(=O)(CCCF)N1CCC[C@@H]1c1cccnc1. The summed E-state index contributed by atoms with van der Waals surface area (Å²) >= 11 is 0. The van der Waals surface area contributed by atoms with E-state index in [1.807, 2.05) is 6.07 Å². The first-order valence-electron chi connectivity index (χ1n) is 6.10. The summed E-state index contributed by atoms with van der Waals surface area (Å²) in [6, 6.07) is 3.56. The lowest BCUT2D eigenvalue weighted by atomic mass is 10.1. The normalized spacial score (nSPS) is 21.3. The molecule has 1 aliphatic heterocycles. The van der Waals surface area contributed by atoms with E-state index < -0.39 is 16.7 Å². The van der Waals surface area contributed by atoms with Gasteiger partial charge in [0, 0.05) is 18.9 Å². The molecule has 1 aromatic rings. The number of halogens is 1. The molecule has 2 heterocycles. The average molecular weight is 272 g/mol. The fraction of sp³-hybridized carbons (Fsp3) is 0.583. The van der Waals surface area contributed by atoms with Crippen molar-refractivity contribution in [2.75, 3.05) is 19.0 Å². The van der Waals surface area contributed by atoms with Crippen molar-refractivity contribution >= 4 is 10.0 Å². The average Bonchev–Trinajstić information content (AvgIpc) is 2.87. The van der Waals surface area contributed by atoms with Crippen LogP contribution in [-0.2, 0) is 10.0 Å². The number of alkyl halides is 1. The Hall–Kier alpha value is -1.01. The molecule has 1 atom stereocenters. The molecule has 100 valence electrons. The van der Waals surface area contributed by atoms with Crippen LogP contribution in [0.1, 0.15) is 30.9 Å². The molecule has 0 amide bonds. The molecule has 2 rings (SSSR count). The second-order valence-corrected chi connectivity index (χ2v) is 6.45. The van der Waals surface area contributed by atoms with Gasteiger partial charge in [0.2, 0.25) is 10.0 Å². The maximum Gasteiger partial charge on any atom is 0.214 e. The van der Waals surface area contributed by atoms with Crippen LogP contribution in [0.15, 0.2) is 24.5 Å². The van der Waals surface area contributed by atoms with E-state index in [2.05, 4.69) is 4.98 Å². The molecule has 1 aromatic heterocycles. The van der Waals surface area contributed by atoms with Crippen molar-refractivity contribution < 1.29 is 12.8 Å². The Labute approximate surface area is 107 Å². The van der Waals surface area contributed by atoms with Crippen LogP contribution in [0.25, 0.3) is 0 Å². The second kappa shape index (κ2) is 5.75. The molecule has 0 saturated carbocycles. The predicted molar refractivity (Wildman–Crippen MR) is 67.3 cm³/mol. The molecule has 1 saturated heterocycles. The highest BCUT2D eigenvalue weighted by molar-refractivity contribution is 7.89. The third-order valence-corrected chi connectivity index (χ3v) is 5.12. The van der Waals surface area contributed by atoms with Crippen molar-refractivity contribution in [2.45, 2.75) is 25.3 Å². The Bertz CT molecular complexity index is 478. The highest BCUT2D eigenvalue weighted by Crippen LogP contribution is 2.33. The molecule has 1 aliphatic rings. The van der Waals surface area contributed by atoms with E-state index in [-0.39, 0.29) is 18.2 Å². The Morgan fingerprint density at radius 2 is 2.33 bits per heavy atom. The van der Waals surface area contributed by atoms with Crippen LogP contribution >= 0.6 is 0 Å². The smallest absolute Gasteiger partial charge is 0.214 e. The first-order valence-corrected chi connectivity index (χ1v) is 7.71. The molecule has 0 aromatic carbocycles. The van der Waals surface area contributed by atoms with Gasteiger partial charge >= 0.3 is 0 Å². The lowest BCUT2D eigenvalue weighted by molar-refractivity contribution is 0.392. The van der Waals surface area contributed by atoms with Gasteiger partial charge in [-0.3, -0.25) is 9.37 Å². The predicted octanol–water partition coefficient (Wildman–Crippen LogP) is 1.91. The van der Waals surface area contributed by atoms with Crippen molar-refractivity contribution in [3.05, 3.63) is 30.1 Å². The topological polar surface area (TPSA) is 50.3 Å². The summed E-state index contributed by atoms with van der Waals surface area (Å²) in [5.41, 5.74) is 0.916. The number of hydrogen-bond donors (Lipinski definition) is 0. The van der Waals surface area contributed by atoms with Crippen LogP contribution in [0.5, 0.6) is 0 Å². The largest absolute Gasteiger partial charge is 0.264 e. The van der Waals surface area contributed by atoms with Gasteiger partial charge in [-0.2, -0.15) is 4.31 Å². The fourth-order valence-electron chi connectivity index (χ4n) is 2.33. The van der Waals surface area contributed by atoms with Crippen LogP contribution in [-0.4, -0.2) is 36.7 Å². The number of aromatic nitrogens is 1. The summed E-state index contributed by atoms with van der Waals surface area (Å²) in [7, 11) is -3.35. The van der Waals surface area contributed by atoms with E-state index >= 15 is 0 Å². The fourth-order valence-corrected chi connectivity index (χ4v) is 4.06. The van der Waals surface area contributed by atoms with Gasteiger partial charge in [-0.25, -0.2) is 8.42 Å². The Morgan fingerprint density at radius 3 is 3.00 bits per heavy atom. The highest BCUT2D eigenvalue weighted by atomic mass is 32.2. The standard InChI is InChI=1S/C12H17FN2O2S/c13-6-3-9-18(16,17)15-8-2-5-12(15)11-4-1-7-14-10-11/h1,4,7,10,12H,2-3,5-6,8-9H2/t12-/m1/s1. The molecule has 0 aliphatic carbocycles. The van der Waals surface area contributed by atoms with E-state index in [9.17, 15) is 12.8 Å². The van der Waals surface area contributed by atoms with Crippen LogP contribution < -0.4 is 0 Å². The van der Waals surface area contributed by atoms with E-state index in [1.165, 1.54) is 4.31 Å². The Kier molecular flexibility index (Phi) is 4.29. The van der Waals surface area contributed by atoms with Gasteiger partial charge in [0.25, 0.3) is 0 Å². The summed E-state index contributed by atoms with van der Waals surface area (Å²) in [6.07, 6.45) is 5.08. The zero-order valence-corrected chi connectivity index (χ0v) is 10.9. The van der Waals surface area contributed by atoms with Gasteiger partial charge in [0.1, 0.15) is 0 Å². The summed E-state index contributed by atoms with van der Waals surface area (Å²) in [5.74, 6) is -0.111. The van der Waals surface area contributed by atoms with Gasteiger partial charge in [0.05, 0.1) is 18.5 Å². The first kappa shape index (κ1) is 13.4. The van der Waals surface area contributed by atoms with E-state index in [1.54, 1.807) is 18.5 Å². The van der Waals surface area contributed by atoms with Crippen LogP contribution in [0, 0.1) is 0 Å². The summed E-state index contributed by atoms with van der Waals surface area (Å²) in [6.45, 7) is -0.0706. The van der Waals surface area contributed by atoms with Crippen LogP contribution in [0.4, 0.5) is 4.39 Å². The molecule has 0 spiro atoms. The minimum atomic E-state index is -3.35. The zero-order chi connectivity index (χ0) is 13.0. The van der Waals surface area contributed by atoms with Crippen molar-refractivity contribution in [3.8, 4) is 0 Å². The summed E-state index contributed by atoms with van der Waals surface area (Å²) in [4.78, 5) is 4.03. The summed E-state index contributed by atoms with van der Waals surface area (Å²) < 4.78 is 37.9. The monoisotopic (exact) mass is 272 g/mol. The molecule has 6 heteroatoms. The van der Waals surface area contributed by atoms with Crippen LogP contribution in [0.3, 0.4) is 0 Å². The van der Waals surface area contributed by atoms with E-state index in [4.69, 9.17) is 0 Å². The molecule has 0 radical (unpaired) electrons. The molecule has 0 N–H and O–H groups in total. The molecule has 18 heavy (non-hydrogen) atoms. The lowest BCUT2D eigenvalue weighted by Crippen LogP contribution is -2.32. The minimum Gasteiger partial charge on any atom is -0.264 e. The van der Waals surface area contributed by atoms with Gasteiger partial charge in [0.15, 0.2) is 0 Å². The Morgan fingerprint density at radius 1 is 1.50 bits per heavy atom. The van der Waals surface area contributed by atoms with Gasteiger partial charge in [-0.05, 0) is 30.9 Å². The molecular formula is C12H17FN2O2S. The third kappa shape index (κ3) is 2.87. The maximum absolute atomic E-state index is 12.1. The zero-order valence-electron chi connectivity index (χ0n) is 10.1. The third-order valence-electron chi connectivity index (χ3n) is 3.17. The van der Waals surface area contributed by atoms with Gasteiger partial charge < -0.3 is 0 Å². The van der Waals surface area contributed by atoms with Gasteiger partial charge in [-0.1, -0.05) is 6.07 Å². The first-order chi connectivity index (χ1) is 8.65.